The third-order valence-electron chi connectivity index (χ3n) is 1.45. The standard InChI is InChI=1S/C8H13NO2.C4H6O2/c1-3-5-9(6-4-2)7-8(10)11;1-2-3-4(5)6/h3-4H,1-2,5-7H2,(H,10,11);2H,1,3H2,(H,5,6). The van der Waals surface area contributed by atoms with Crippen molar-refractivity contribution in [1.82, 2.24) is 4.90 Å². The number of rotatable bonds is 8. The molecule has 0 atom stereocenters. The second-order valence-corrected chi connectivity index (χ2v) is 3.05. The highest BCUT2D eigenvalue weighted by molar-refractivity contribution is 5.69. The van der Waals surface area contributed by atoms with Crippen LogP contribution in [-0.4, -0.2) is 46.7 Å². The van der Waals surface area contributed by atoms with Gasteiger partial charge in [-0.2, -0.15) is 0 Å². The number of carboxylic acids is 2. The topological polar surface area (TPSA) is 77.8 Å². The normalized spacial score (nSPS) is 8.76. The summed E-state index contributed by atoms with van der Waals surface area (Å²) in [6.07, 6.45) is 4.75. The number of hydrogen-bond acceptors (Lipinski definition) is 3. The molecular formula is C12H19NO4. The van der Waals surface area contributed by atoms with Crippen LogP contribution >= 0.6 is 0 Å². The molecule has 0 heterocycles. The van der Waals surface area contributed by atoms with E-state index in [1.807, 2.05) is 0 Å². The van der Waals surface area contributed by atoms with Crippen molar-refractivity contribution in [3.8, 4) is 0 Å². The molecule has 0 aliphatic rings. The molecule has 0 unspecified atom stereocenters. The van der Waals surface area contributed by atoms with E-state index >= 15 is 0 Å². The molecule has 0 radical (unpaired) electrons. The van der Waals surface area contributed by atoms with E-state index < -0.39 is 11.9 Å². The minimum Gasteiger partial charge on any atom is -0.481 e. The van der Waals surface area contributed by atoms with Gasteiger partial charge in [-0.05, 0) is 0 Å². The lowest BCUT2D eigenvalue weighted by molar-refractivity contribution is -0.138. The molecule has 0 aromatic heterocycles. The van der Waals surface area contributed by atoms with Crippen molar-refractivity contribution in [3.05, 3.63) is 38.0 Å². The van der Waals surface area contributed by atoms with Crippen LogP contribution in [0.2, 0.25) is 0 Å². The Morgan fingerprint density at radius 2 is 1.41 bits per heavy atom. The van der Waals surface area contributed by atoms with Crippen LogP contribution in [0.3, 0.4) is 0 Å². The Kier molecular flexibility index (Phi) is 12.6. The zero-order valence-electron chi connectivity index (χ0n) is 9.84. The maximum atomic E-state index is 10.2. The second-order valence-electron chi connectivity index (χ2n) is 3.05. The Balaban J connectivity index is 0. The molecule has 0 aliphatic carbocycles. The van der Waals surface area contributed by atoms with Gasteiger partial charge in [-0.15, -0.1) is 19.7 Å². The molecule has 0 spiro atoms. The maximum Gasteiger partial charge on any atom is 0.317 e. The summed E-state index contributed by atoms with van der Waals surface area (Å²) in [4.78, 5) is 21.5. The van der Waals surface area contributed by atoms with E-state index in [9.17, 15) is 9.59 Å². The van der Waals surface area contributed by atoms with Crippen LogP contribution in [0, 0.1) is 0 Å². The predicted molar refractivity (Wildman–Crippen MR) is 66.9 cm³/mol. The molecule has 0 saturated carbocycles. The number of nitrogens with zero attached hydrogens (tertiary/aromatic N) is 1. The lowest BCUT2D eigenvalue weighted by Gasteiger charge is -2.14. The van der Waals surface area contributed by atoms with Crippen molar-refractivity contribution in [2.75, 3.05) is 19.6 Å². The number of carbonyl (C=O) groups is 2. The number of aliphatic carboxylic acids is 2. The highest BCUT2D eigenvalue weighted by Crippen LogP contribution is 1.87. The average molecular weight is 241 g/mol. The second kappa shape index (κ2) is 12.2. The van der Waals surface area contributed by atoms with E-state index in [1.54, 1.807) is 17.1 Å². The van der Waals surface area contributed by atoms with Gasteiger partial charge in [-0.3, -0.25) is 14.5 Å². The van der Waals surface area contributed by atoms with E-state index in [0.717, 1.165) is 0 Å². The van der Waals surface area contributed by atoms with Crippen LogP contribution in [0.1, 0.15) is 6.42 Å². The molecule has 0 amide bonds. The molecule has 5 nitrogen and oxygen atoms in total. The van der Waals surface area contributed by atoms with Gasteiger partial charge in [0.25, 0.3) is 0 Å². The average Bonchev–Trinajstić information content (AvgIpc) is 2.18. The first-order valence-electron chi connectivity index (χ1n) is 4.96. The summed E-state index contributed by atoms with van der Waals surface area (Å²) in [5.74, 6) is -1.65. The van der Waals surface area contributed by atoms with Crippen LogP contribution in [-0.2, 0) is 9.59 Å². The quantitative estimate of drug-likeness (QED) is 0.628. The summed E-state index contributed by atoms with van der Waals surface area (Å²) in [7, 11) is 0. The molecule has 96 valence electrons. The predicted octanol–water partition coefficient (Wildman–Crippen LogP) is 1.39. The van der Waals surface area contributed by atoms with E-state index in [0.29, 0.717) is 13.1 Å². The fourth-order valence-electron chi connectivity index (χ4n) is 0.884. The summed E-state index contributed by atoms with van der Waals surface area (Å²) < 4.78 is 0. The van der Waals surface area contributed by atoms with E-state index in [1.165, 1.54) is 6.08 Å². The molecule has 0 rings (SSSR count). The van der Waals surface area contributed by atoms with Gasteiger partial charge in [0.15, 0.2) is 0 Å². The van der Waals surface area contributed by atoms with Crippen molar-refractivity contribution in [2.24, 2.45) is 0 Å². The Morgan fingerprint density at radius 1 is 0.941 bits per heavy atom. The molecule has 0 aliphatic heterocycles. The summed E-state index contributed by atoms with van der Waals surface area (Å²) in [6, 6.07) is 0. The van der Waals surface area contributed by atoms with Crippen molar-refractivity contribution in [3.63, 3.8) is 0 Å². The molecule has 0 fully saturated rings. The first-order chi connectivity index (χ1) is 7.97. The van der Waals surface area contributed by atoms with E-state index in [2.05, 4.69) is 19.7 Å². The van der Waals surface area contributed by atoms with Gasteiger partial charge in [-0.1, -0.05) is 18.2 Å². The fourth-order valence-corrected chi connectivity index (χ4v) is 0.884. The number of carboxylic acid groups (broad SMARTS) is 2. The molecule has 2 N–H and O–H groups in total. The first-order valence-corrected chi connectivity index (χ1v) is 4.96. The van der Waals surface area contributed by atoms with Gasteiger partial charge < -0.3 is 10.2 Å². The van der Waals surface area contributed by atoms with Crippen LogP contribution in [0.4, 0.5) is 0 Å². The molecular weight excluding hydrogens is 222 g/mol. The third-order valence-corrected chi connectivity index (χ3v) is 1.45. The lowest BCUT2D eigenvalue weighted by atomic mass is 10.4. The Bertz CT molecular complexity index is 264. The Labute approximate surface area is 101 Å². The molecule has 0 saturated heterocycles. The third kappa shape index (κ3) is 16.8. The summed E-state index contributed by atoms with van der Waals surface area (Å²) in [6.45, 7) is 11.5. The van der Waals surface area contributed by atoms with Gasteiger partial charge in [0, 0.05) is 13.1 Å². The van der Waals surface area contributed by atoms with E-state index in [-0.39, 0.29) is 13.0 Å². The van der Waals surface area contributed by atoms with Crippen LogP contribution in [0.25, 0.3) is 0 Å². The van der Waals surface area contributed by atoms with Gasteiger partial charge in [-0.25, -0.2) is 0 Å². The van der Waals surface area contributed by atoms with Crippen molar-refractivity contribution < 1.29 is 19.8 Å². The SMILES string of the molecule is C=CCC(=O)O.C=CCN(CC=C)CC(=O)O. The lowest BCUT2D eigenvalue weighted by Crippen LogP contribution is -2.29. The fraction of sp³-hybridized carbons (Fsp3) is 0.333. The van der Waals surface area contributed by atoms with Gasteiger partial charge >= 0.3 is 11.9 Å². The molecule has 0 aromatic carbocycles. The van der Waals surface area contributed by atoms with Gasteiger partial charge in [0.05, 0.1) is 13.0 Å². The molecule has 17 heavy (non-hydrogen) atoms. The van der Waals surface area contributed by atoms with Crippen LogP contribution in [0.5, 0.6) is 0 Å². The van der Waals surface area contributed by atoms with Gasteiger partial charge in [0.1, 0.15) is 0 Å². The largest absolute Gasteiger partial charge is 0.481 e. The summed E-state index contributed by atoms with van der Waals surface area (Å²) in [5.41, 5.74) is 0. The molecule has 0 aromatic rings. The first kappa shape index (κ1) is 17.5. The Hall–Kier alpha value is -1.88. The molecule has 0 bridgehead atoms. The smallest absolute Gasteiger partial charge is 0.317 e. The number of hydrogen-bond donors (Lipinski definition) is 2. The van der Waals surface area contributed by atoms with Crippen LogP contribution < -0.4 is 0 Å². The highest BCUT2D eigenvalue weighted by Gasteiger charge is 2.04. The van der Waals surface area contributed by atoms with Crippen molar-refractivity contribution in [2.45, 2.75) is 6.42 Å². The van der Waals surface area contributed by atoms with Crippen molar-refractivity contribution >= 4 is 11.9 Å². The monoisotopic (exact) mass is 241 g/mol. The minimum absolute atomic E-state index is 0.0397. The zero-order chi connectivity index (χ0) is 13.7. The minimum atomic E-state index is -0.829. The maximum absolute atomic E-state index is 10.2. The van der Waals surface area contributed by atoms with Crippen LogP contribution in [0.15, 0.2) is 38.0 Å². The van der Waals surface area contributed by atoms with Gasteiger partial charge in [0.2, 0.25) is 0 Å². The van der Waals surface area contributed by atoms with E-state index in [4.69, 9.17) is 10.2 Å². The summed E-state index contributed by atoms with van der Waals surface area (Å²) >= 11 is 0. The van der Waals surface area contributed by atoms with Crippen molar-refractivity contribution in [1.29, 1.82) is 0 Å². The Morgan fingerprint density at radius 3 is 1.59 bits per heavy atom. The zero-order valence-corrected chi connectivity index (χ0v) is 9.84. The summed E-state index contributed by atoms with van der Waals surface area (Å²) in [5, 5.41) is 16.3. The molecule has 5 heteroatoms. The highest BCUT2D eigenvalue weighted by atomic mass is 16.4.